The molecule has 5 heteroatoms. The number of thiophene rings is 1. The molecule has 0 aromatic carbocycles. The molecule has 0 unspecified atom stereocenters. The molecule has 1 aromatic heterocycles. The highest BCUT2D eigenvalue weighted by Crippen LogP contribution is 2.47. The highest BCUT2D eigenvalue weighted by atomic mass is 35.5. The van der Waals surface area contributed by atoms with E-state index in [1.165, 1.54) is 24.2 Å². The summed E-state index contributed by atoms with van der Waals surface area (Å²) in [7, 11) is 0. The van der Waals surface area contributed by atoms with E-state index in [-0.39, 0.29) is 5.91 Å². The van der Waals surface area contributed by atoms with Crippen LogP contribution in [0.25, 0.3) is 0 Å². The lowest BCUT2D eigenvalue weighted by molar-refractivity contribution is 0.0597. The van der Waals surface area contributed by atoms with Gasteiger partial charge in [-0.2, -0.15) is 0 Å². The largest absolute Gasteiger partial charge is 0.374 e. The van der Waals surface area contributed by atoms with Crippen molar-refractivity contribution in [2.45, 2.75) is 25.0 Å². The Morgan fingerprint density at radius 2 is 2.00 bits per heavy atom. The molecule has 4 rings (SSSR count). The Labute approximate surface area is 115 Å². The SMILES string of the molecule is O=C(c1sccc1Cl)N1C[C@@H]2[C@H](C1)[C@H]1CC[C@@H]2O1. The van der Waals surface area contributed by atoms with Gasteiger partial charge in [0.25, 0.3) is 5.91 Å². The van der Waals surface area contributed by atoms with Crippen molar-refractivity contribution >= 4 is 28.8 Å². The third kappa shape index (κ3) is 1.49. The molecule has 3 fully saturated rings. The molecule has 3 saturated heterocycles. The van der Waals surface area contributed by atoms with Crippen molar-refractivity contribution in [1.29, 1.82) is 0 Å². The van der Waals surface area contributed by atoms with E-state index in [2.05, 4.69) is 0 Å². The highest BCUT2D eigenvalue weighted by Gasteiger charge is 2.53. The molecule has 0 saturated carbocycles. The molecule has 1 amide bonds. The lowest BCUT2D eigenvalue weighted by Crippen LogP contribution is -2.31. The van der Waals surface area contributed by atoms with Crippen LogP contribution in [-0.2, 0) is 4.74 Å². The molecule has 0 N–H and O–H groups in total. The minimum Gasteiger partial charge on any atom is -0.374 e. The third-order valence-corrected chi connectivity index (χ3v) is 5.88. The van der Waals surface area contributed by atoms with Gasteiger partial charge < -0.3 is 9.64 Å². The smallest absolute Gasteiger partial charge is 0.265 e. The Hall–Kier alpha value is -0.580. The molecular weight excluding hydrogens is 270 g/mol. The predicted octanol–water partition coefficient (Wildman–Crippen LogP) is 2.65. The van der Waals surface area contributed by atoms with Gasteiger partial charge >= 0.3 is 0 Å². The lowest BCUT2D eigenvalue weighted by Gasteiger charge is -2.18. The van der Waals surface area contributed by atoms with E-state index in [1.54, 1.807) is 6.07 Å². The maximum Gasteiger partial charge on any atom is 0.265 e. The first-order valence-corrected chi connectivity index (χ1v) is 7.67. The quantitative estimate of drug-likeness (QED) is 0.793. The first-order valence-electron chi connectivity index (χ1n) is 6.42. The number of rotatable bonds is 1. The maximum absolute atomic E-state index is 12.4. The summed E-state index contributed by atoms with van der Waals surface area (Å²) in [6, 6.07) is 1.79. The van der Waals surface area contributed by atoms with E-state index in [1.807, 2.05) is 10.3 Å². The summed E-state index contributed by atoms with van der Waals surface area (Å²) in [4.78, 5) is 15.1. The van der Waals surface area contributed by atoms with Gasteiger partial charge in [0.2, 0.25) is 0 Å². The number of carbonyl (C=O) groups is 1. The molecule has 0 aliphatic carbocycles. The Bertz CT molecular complexity index is 485. The van der Waals surface area contributed by atoms with Crippen molar-refractivity contribution in [2.24, 2.45) is 11.8 Å². The fourth-order valence-corrected chi connectivity index (χ4v) is 4.82. The average molecular weight is 284 g/mol. The van der Waals surface area contributed by atoms with Gasteiger partial charge in [0.05, 0.1) is 17.2 Å². The van der Waals surface area contributed by atoms with Crippen LogP contribution in [0.4, 0.5) is 0 Å². The van der Waals surface area contributed by atoms with Gasteiger partial charge in [-0.25, -0.2) is 0 Å². The maximum atomic E-state index is 12.4. The number of likely N-dealkylation sites (tertiary alicyclic amines) is 1. The van der Waals surface area contributed by atoms with Crippen molar-refractivity contribution < 1.29 is 9.53 Å². The normalized spacial score (nSPS) is 37.3. The molecule has 3 nitrogen and oxygen atoms in total. The van der Waals surface area contributed by atoms with Gasteiger partial charge in [-0.05, 0) is 24.3 Å². The fraction of sp³-hybridized carbons (Fsp3) is 0.615. The van der Waals surface area contributed by atoms with E-state index >= 15 is 0 Å². The summed E-state index contributed by atoms with van der Waals surface area (Å²) in [6.07, 6.45) is 3.15. The number of carbonyl (C=O) groups excluding carboxylic acids is 1. The Kier molecular flexibility index (Phi) is 2.47. The first kappa shape index (κ1) is 11.3. The van der Waals surface area contributed by atoms with Crippen LogP contribution in [0, 0.1) is 11.8 Å². The topological polar surface area (TPSA) is 29.5 Å². The van der Waals surface area contributed by atoms with Gasteiger partial charge in [-0.15, -0.1) is 11.3 Å². The van der Waals surface area contributed by atoms with E-state index in [0.717, 1.165) is 13.1 Å². The summed E-state index contributed by atoms with van der Waals surface area (Å²) in [5.74, 6) is 1.22. The summed E-state index contributed by atoms with van der Waals surface area (Å²) >= 11 is 7.48. The second-order valence-electron chi connectivity index (χ2n) is 5.43. The minimum atomic E-state index is 0.101. The Morgan fingerprint density at radius 1 is 1.33 bits per heavy atom. The second kappa shape index (κ2) is 3.95. The first-order chi connectivity index (χ1) is 8.74. The number of ether oxygens (including phenoxy) is 1. The number of hydrogen-bond acceptors (Lipinski definition) is 3. The molecule has 0 spiro atoms. The van der Waals surface area contributed by atoms with Crippen LogP contribution in [0.15, 0.2) is 11.4 Å². The van der Waals surface area contributed by atoms with E-state index in [4.69, 9.17) is 16.3 Å². The third-order valence-electron chi connectivity index (χ3n) is 4.55. The lowest BCUT2D eigenvalue weighted by atomic mass is 9.82. The molecule has 4 atom stereocenters. The number of fused-ring (bicyclic) bond motifs is 5. The van der Waals surface area contributed by atoms with Crippen molar-refractivity contribution in [1.82, 2.24) is 4.90 Å². The molecular formula is C13H14ClNO2S. The zero-order valence-corrected chi connectivity index (χ0v) is 11.4. The summed E-state index contributed by atoms with van der Waals surface area (Å²) < 4.78 is 5.92. The van der Waals surface area contributed by atoms with Crippen LogP contribution in [0.2, 0.25) is 5.02 Å². The standard InChI is InChI=1S/C13H14ClNO2S/c14-9-3-4-18-12(9)13(16)15-5-7-8(6-15)11-2-1-10(7)17-11/h3-4,7-8,10-11H,1-2,5-6H2/t7-,8+,10+,11-. The van der Waals surface area contributed by atoms with Gasteiger partial charge in [-0.1, -0.05) is 11.6 Å². The summed E-state index contributed by atoms with van der Waals surface area (Å²) in [5, 5.41) is 2.46. The molecule has 1 aromatic rings. The van der Waals surface area contributed by atoms with Crippen LogP contribution < -0.4 is 0 Å². The van der Waals surface area contributed by atoms with Crippen molar-refractivity contribution in [2.75, 3.05) is 13.1 Å². The molecule has 96 valence electrons. The fourth-order valence-electron chi connectivity index (χ4n) is 3.72. The monoisotopic (exact) mass is 283 g/mol. The van der Waals surface area contributed by atoms with Crippen molar-refractivity contribution in [3.8, 4) is 0 Å². The minimum absolute atomic E-state index is 0.101. The van der Waals surface area contributed by atoms with E-state index in [0.29, 0.717) is 33.9 Å². The number of nitrogens with zero attached hydrogens (tertiary/aromatic N) is 1. The molecule has 2 bridgehead atoms. The summed E-state index contributed by atoms with van der Waals surface area (Å²) in [5.41, 5.74) is 0. The van der Waals surface area contributed by atoms with Gasteiger partial charge in [0.1, 0.15) is 4.88 Å². The molecule has 0 radical (unpaired) electrons. The highest BCUT2D eigenvalue weighted by molar-refractivity contribution is 7.12. The number of halogens is 1. The van der Waals surface area contributed by atoms with Gasteiger partial charge in [-0.3, -0.25) is 4.79 Å². The van der Waals surface area contributed by atoms with E-state index < -0.39 is 0 Å². The van der Waals surface area contributed by atoms with Crippen LogP contribution in [0.5, 0.6) is 0 Å². The van der Waals surface area contributed by atoms with Crippen molar-refractivity contribution in [3.63, 3.8) is 0 Å². The zero-order valence-electron chi connectivity index (χ0n) is 9.84. The second-order valence-corrected chi connectivity index (χ2v) is 6.75. The van der Waals surface area contributed by atoms with Crippen LogP contribution in [0.1, 0.15) is 22.5 Å². The molecule has 18 heavy (non-hydrogen) atoms. The Balaban J connectivity index is 1.55. The van der Waals surface area contributed by atoms with Crippen LogP contribution in [-0.4, -0.2) is 36.1 Å². The Morgan fingerprint density at radius 3 is 2.56 bits per heavy atom. The zero-order chi connectivity index (χ0) is 12.3. The molecule has 3 aliphatic rings. The number of amides is 1. The average Bonchev–Trinajstić information content (AvgIpc) is 3.09. The van der Waals surface area contributed by atoms with Gasteiger partial charge in [0.15, 0.2) is 0 Å². The predicted molar refractivity (Wildman–Crippen MR) is 70.1 cm³/mol. The molecule has 3 aliphatic heterocycles. The van der Waals surface area contributed by atoms with Crippen LogP contribution in [0.3, 0.4) is 0 Å². The van der Waals surface area contributed by atoms with Crippen LogP contribution >= 0.6 is 22.9 Å². The van der Waals surface area contributed by atoms with Gasteiger partial charge in [0, 0.05) is 24.9 Å². The van der Waals surface area contributed by atoms with Crippen molar-refractivity contribution in [3.05, 3.63) is 21.3 Å². The number of hydrogen-bond donors (Lipinski definition) is 0. The van der Waals surface area contributed by atoms with E-state index in [9.17, 15) is 4.79 Å². The summed E-state index contributed by atoms with van der Waals surface area (Å²) in [6.45, 7) is 1.69. The molecule has 4 heterocycles.